The van der Waals surface area contributed by atoms with Gasteiger partial charge in [-0.1, -0.05) is 6.92 Å². The van der Waals surface area contributed by atoms with Crippen LogP contribution in [0.5, 0.6) is 0 Å². The van der Waals surface area contributed by atoms with Crippen molar-refractivity contribution in [3.05, 3.63) is 16.1 Å². The van der Waals surface area contributed by atoms with Gasteiger partial charge < -0.3 is 15.1 Å². The van der Waals surface area contributed by atoms with Crippen molar-refractivity contribution in [3.63, 3.8) is 0 Å². The summed E-state index contributed by atoms with van der Waals surface area (Å²) in [5.74, 6) is 1.67. The summed E-state index contributed by atoms with van der Waals surface area (Å²) in [6, 6.07) is 0. The molecule has 1 fully saturated rings. The van der Waals surface area contributed by atoms with Crippen LogP contribution < -0.4 is 5.32 Å². The first-order valence-electron chi connectivity index (χ1n) is 9.17. The second kappa shape index (κ2) is 11.7. The predicted molar refractivity (Wildman–Crippen MR) is 119 cm³/mol. The number of aromatic nitrogens is 1. The molecule has 6 nitrogen and oxygen atoms in total. The number of nitrogens with zero attached hydrogens (tertiary/aromatic N) is 4. The van der Waals surface area contributed by atoms with Crippen LogP contribution in [-0.4, -0.2) is 59.9 Å². The highest BCUT2D eigenvalue weighted by molar-refractivity contribution is 14.0. The Morgan fingerprint density at radius 2 is 2.31 bits per heavy atom. The Bertz CT molecular complexity index is 592. The zero-order valence-electron chi connectivity index (χ0n) is 16.3. The summed E-state index contributed by atoms with van der Waals surface area (Å²) in [7, 11) is 2.00. The minimum atomic E-state index is 0. The number of guanidine groups is 1. The van der Waals surface area contributed by atoms with Gasteiger partial charge in [-0.15, -0.1) is 35.3 Å². The number of likely N-dealkylation sites (tertiary alicyclic amines) is 1. The molecule has 1 aliphatic rings. The van der Waals surface area contributed by atoms with E-state index < -0.39 is 0 Å². The van der Waals surface area contributed by atoms with E-state index in [-0.39, 0.29) is 29.9 Å². The molecule has 148 valence electrons. The van der Waals surface area contributed by atoms with Gasteiger partial charge in [0, 0.05) is 38.5 Å². The standard InChI is InChI=1S/C18H31N5OS.HI/c1-5-19-18(22(4)12-16-13-25-15(3)21-16)20-9-8-17(24)23-10-6-7-14(2)11-23;/h13-14H,5-12H2,1-4H3,(H,19,20);1H. The second-order valence-corrected chi connectivity index (χ2v) is 7.85. The molecule has 0 aliphatic carbocycles. The van der Waals surface area contributed by atoms with Crippen LogP contribution in [0.2, 0.25) is 0 Å². The lowest BCUT2D eigenvalue weighted by Crippen LogP contribution is -2.40. The van der Waals surface area contributed by atoms with E-state index >= 15 is 0 Å². The smallest absolute Gasteiger partial charge is 0.224 e. The van der Waals surface area contributed by atoms with E-state index in [1.807, 2.05) is 18.9 Å². The number of halogens is 1. The van der Waals surface area contributed by atoms with Crippen LogP contribution in [0.3, 0.4) is 0 Å². The van der Waals surface area contributed by atoms with Gasteiger partial charge in [0.05, 0.1) is 23.8 Å². The van der Waals surface area contributed by atoms with Crippen molar-refractivity contribution in [3.8, 4) is 0 Å². The number of piperidine rings is 1. The van der Waals surface area contributed by atoms with E-state index in [2.05, 4.69) is 39.4 Å². The molecule has 1 N–H and O–H groups in total. The number of rotatable bonds is 6. The Labute approximate surface area is 178 Å². The van der Waals surface area contributed by atoms with Gasteiger partial charge >= 0.3 is 0 Å². The van der Waals surface area contributed by atoms with E-state index in [0.717, 1.165) is 42.7 Å². The maximum atomic E-state index is 12.4. The number of aryl methyl sites for hydroxylation is 1. The fraction of sp³-hybridized carbons (Fsp3) is 0.722. The molecule has 1 amide bonds. The van der Waals surface area contributed by atoms with E-state index in [9.17, 15) is 4.79 Å². The monoisotopic (exact) mass is 493 g/mol. The lowest BCUT2D eigenvalue weighted by molar-refractivity contribution is -0.132. The first-order chi connectivity index (χ1) is 12.0. The molecule has 0 spiro atoms. The number of hydrogen-bond donors (Lipinski definition) is 1. The van der Waals surface area contributed by atoms with Gasteiger partial charge in [0.15, 0.2) is 5.96 Å². The van der Waals surface area contributed by atoms with Crippen molar-refractivity contribution in [2.24, 2.45) is 10.9 Å². The Kier molecular flexibility index (Phi) is 10.4. The zero-order valence-corrected chi connectivity index (χ0v) is 19.5. The second-order valence-electron chi connectivity index (χ2n) is 6.79. The fourth-order valence-corrected chi connectivity index (χ4v) is 3.70. The number of carbonyl (C=O) groups is 1. The molecule has 2 heterocycles. The van der Waals surface area contributed by atoms with Gasteiger partial charge in [-0.3, -0.25) is 9.79 Å². The summed E-state index contributed by atoms with van der Waals surface area (Å²) in [5.41, 5.74) is 1.05. The van der Waals surface area contributed by atoms with E-state index in [1.54, 1.807) is 11.3 Å². The van der Waals surface area contributed by atoms with Gasteiger partial charge in [0.2, 0.25) is 5.91 Å². The van der Waals surface area contributed by atoms with Crippen LogP contribution in [0, 0.1) is 12.8 Å². The number of hydrogen-bond acceptors (Lipinski definition) is 4. The molecule has 1 aliphatic heterocycles. The third-order valence-electron chi connectivity index (χ3n) is 4.36. The lowest BCUT2D eigenvalue weighted by Gasteiger charge is -2.31. The minimum Gasteiger partial charge on any atom is -0.357 e. The van der Waals surface area contributed by atoms with Gasteiger partial charge in [0.1, 0.15) is 0 Å². The number of nitrogens with one attached hydrogen (secondary N) is 1. The van der Waals surface area contributed by atoms with Gasteiger partial charge in [-0.25, -0.2) is 4.98 Å². The van der Waals surface area contributed by atoms with Crippen LogP contribution in [0.4, 0.5) is 0 Å². The quantitative estimate of drug-likeness (QED) is 0.376. The van der Waals surface area contributed by atoms with E-state index in [1.165, 1.54) is 6.42 Å². The number of aliphatic imine (C=N–C) groups is 1. The molecule has 1 unspecified atom stereocenters. The average molecular weight is 493 g/mol. The summed E-state index contributed by atoms with van der Waals surface area (Å²) >= 11 is 1.66. The molecule has 0 saturated carbocycles. The molecular weight excluding hydrogens is 461 g/mol. The van der Waals surface area contributed by atoms with Crippen molar-refractivity contribution < 1.29 is 4.79 Å². The van der Waals surface area contributed by atoms with Gasteiger partial charge in [-0.2, -0.15) is 0 Å². The Morgan fingerprint density at radius 1 is 1.54 bits per heavy atom. The average Bonchev–Trinajstić information content (AvgIpc) is 2.98. The highest BCUT2D eigenvalue weighted by Crippen LogP contribution is 2.16. The molecule has 1 aromatic heterocycles. The fourth-order valence-electron chi connectivity index (χ4n) is 3.10. The Balaban J connectivity index is 0.00000338. The molecule has 26 heavy (non-hydrogen) atoms. The Morgan fingerprint density at radius 3 is 2.92 bits per heavy atom. The van der Waals surface area contributed by atoms with Crippen LogP contribution >= 0.6 is 35.3 Å². The minimum absolute atomic E-state index is 0. The van der Waals surface area contributed by atoms with E-state index in [4.69, 9.17) is 0 Å². The SMILES string of the molecule is CCNC(=NCCC(=O)N1CCCC(C)C1)N(C)Cc1csc(C)n1.I. The highest BCUT2D eigenvalue weighted by Gasteiger charge is 2.20. The number of carbonyl (C=O) groups excluding carboxylic acids is 1. The topological polar surface area (TPSA) is 60.8 Å². The van der Waals surface area contributed by atoms with Gasteiger partial charge in [0.25, 0.3) is 0 Å². The van der Waals surface area contributed by atoms with Crippen molar-refractivity contribution in [2.45, 2.75) is 46.6 Å². The molecule has 2 rings (SSSR count). The maximum absolute atomic E-state index is 12.4. The van der Waals surface area contributed by atoms with Gasteiger partial charge in [-0.05, 0) is 32.6 Å². The summed E-state index contributed by atoms with van der Waals surface area (Å²) in [4.78, 5) is 25.6. The largest absolute Gasteiger partial charge is 0.357 e. The molecular formula is C18H32IN5OS. The van der Waals surface area contributed by atoms with Crippen LogP contribution in [0.15, 0.2) is 10.4 Å². The summed E-state index contributed by atoms with van der Waals surface area (Å²) in [5, 5.41) is 6.45. The molecule has 0 aromatic carbocycles. The molecule has 1 aromatic rings. The van der Waals surface area contributed by atoms with Crippen molar-refractivity contribution in [2.75, 3.05) is 33.2 Å². The van der Waals surface area contributed by atoms with Crippen molar-refractivity contribution >= 4 is 47.2 Å². The first-order valence-corrected chi connectivity index (χ1v) is 10.1. The molecule has 1 atom stereocenters. The summed E-state index contributed by atoms with van der Waals surface area (Å²) < 4.78 is 0. The number of amides is 1. The predicted octanol–water partition coefficient (Wildman–Crippen LogP) is 3.12. The van der Waals surface area contributed by atoms with Crippen molar-refractivity contribution in [1.82, 2.24) is 20.1 Å². The molecule has 0 radical (unpaired) electrons. The third kappa shape index (κ3) is 7.38. The first kappa shape index (κ1) is 23.1. The van der Waals surface area contributed by atoms with Crippen molar-refractivity contribution in [1.29, 1.82) is 0 Å². The number of thiazole rings is 1. The molecule has 8 heteroatoms. The third-order valence-corrected chi connectivity index (χ3v) is 5.18. The van der Waals surface area contributed by atoms with Crippen LogP contribution in [-0.2, 0) is 11.3 Å². The maximum Gasteiger partial charge on any atom is 0.224 e. The normalized spacial score (nSPS) is 17.6. The van der Waals surface area contributed by atoms with Crippen LogP contribution in [0.1, 0.15) is 43.8 Å². The summed E-state index contributed by atoms with van der Waals surface area (Å²) in [6.07, 6.45) is 2.83. The highest BCUT2D eigenvalue weighted by atomic mass is 127. The zero-order chi connectivity index (χ0) is 18.2. The summed E-state index contributed by atoms with van der Waals surface area (Å²) in [6.45, 7) is 10.1. The molecule has 0 bridgehead atoms. The van der Waals surface area contributed by atoms with Crippen LogP contribution in [0.25, 0.3) is 0 Å². The Hall–Kier alpha value is -0.900. The lowest BCUT2D eigenvalue weighted by atomic mass is 10.00. The molecule has 1 saturated heterocycles. The van der Waals surface area contributed by atoms with E-state index in [0.29, 0.717) is 25.4 Å².